The molecule has 1 unspecified atom stereocenters. The van der Waals surface area contributed by atoms with Gasteiger partial charge in [0.2, 0.25) is 0 Å². The second-order valence-corrected chi connectivity index (χ2v) is 3.28. The van der Waals surface area contributed by atoms with Crippen LogP contribution in [0.4, 0.5) is 0 Å². The average Bonchev–Trinajstić information content (AvgIpc) is 2.56. The van der Waals surface area contributed by atoms with Crippen molar-refractivity contribution in [1.82, 2.24) is 5.32 Å². The first kappa shape index (κ1) is 10.8. The van der Waals surface area contributed by atoms with Crippen molar-refractivity contribution in [2.45, 2.75) is 25.8 Å². The fourth-order valence-electron chi connectivity index (χ4n) is 1.23. The summed E-state index contributed by atoms with van der Waals surface area (Å²) in [5.41, 5.74) is 0. The quantitative estimate of drug-likeness (QED) is 0.721. The van der Waals surface area contributed by atoms with Gasteiger partial charge in [0.15, 0.2) is 0 Å². The Balaban J connectivity index is 2.16. The summed E-state index contributed by atoms with van der Waals surface area (Å²) < 4.78 is 5.18. The topological polar surface area (TPSA) is 62.5 Å². The number of carboxylic acid groups (broad SMARTS) is 1. The van der Waals surface area contributed by atoms with Crippen molar-refractivity contribution in [1.29, 1.82) is 0 Å². The van der Waals surface area contributed by atoms with Gasteiger partial charge < -0.3 is 14.8 Å². The fraction of sp³-hybridized carbons (Fsp3) is 0.500. The third kappa shape index (κ3) is 4.09. The minimum absolute atomic E-state index is 0.155. The van der Waals surface area contributed by atoms with E-state index in [4.69, 9.17) is 9.52 Å². The zero-order valence-corrected chi connectivity index (χ0v) is 8.19. The molecule has 1 atom stereocenters. The van der Waals surface area contributed by atoms with Gasteiger partial charge >= 0.3 is 5.97 Å². The van der Waals surface area contributed by atoms with Crippen LogP contribution in [0.15, 0.2) is 22.8 Å². The van der Waals surface area contributed by atoms with E-state index in [1.807, 2.05) is 19.1 Å². The third-order valence-electron chi connectivity index (χ3n) is 1.92. The van der Waals surface area contributed by atoms with E-state index >= 15 is 0 Å². The summed E-state index contributed by atoms with van der Waals surface area (Å²) in [7, 11) is 0. The molecule has 4 heteroatoms. The molecule has 0 aromatic carbocycles. The molecule has 4 nitrogen and oxygen atoms in total. The van der Waals surface area contributed by atoms with Crippen LogP contribution in [0.3, 0.4) is 0 Å². The van der Waals surface area contributed by atoms with Gasteiger partial charge in [0.25, 0.3) is 0 Å². The summed E-state index contributed by atoms with van der Waals surface area (Å²) in [5, 5.41) is 11.5. The molecule has 0 aliphatic rings. The molecular weight excluding hydrogens is 182 g/mol. The van der Waals surface area contributed by atoms with E-state index in [-0.39, 0.29) is 12.5 Å². The van der Waals surface area contributed by atoms with E-state index in [9.17, 15) is 4.79 Å². The first-order valence-corrected chi connectivity index (χ1v) is 4.66. The number of hydrogen-bond donors (Lipinski definition) is 2. The van der Waals surface area contributed by atoms with E-state index < -0.39 is 5.97 Å². The summed E-state index contributed by atoms with van der Waals surface area (Å²) in [5.74, 6) is 0.142. The Hall–Kier alpha value is -1.29. The van der Waals surface area contributed by atoms with Crippen molar-refractivity contribution < 1.29 is 14.3 Å². The minimum Gasteiger partial charge on any atom is -0.481 e. The number of nitrogens with one attached hydrogen (secondary N) is 1. The monoisotopic (exact) mass is 197 g/mol. The van der Waals surface area contributed by atoms with Crippen LogP contribution in [0.5, 0.6) is 0 Å². The van der Waals surface area contributed by atoms with Crippen LogP contribution < -0.4 is 5.32 Å². The summed E-state index contributed by atoms with van der Waals surface area (Å²) in [6.07, 6.45) is 2.58. The van der Waals surface area contributed by atoms with Gasteiger partial charge in [-0.25, -0.2) is 0 Å². The summed E-state index contributed by atoms with van der Waals surface area (Å²) in [6, 6.07) is 4.00. The molecule has 14 heavy (non-hydrogen) atoms. The molecule has 0 aliphatic heterocycles. The molecule has 1 rings (SSSR count). The number of furan rings is 1. The number of rotatable bonds is 6. The van der Waals surface area contributed by atoms with Crippen molar-refractivity contribution in [3.8, 4) is 0 Å². The van der Waals surface area contributed by atoms with Crippen LogP contribution >= 0.6 is 0 Å². The first-order valence-electron chi connectivity index (χ1n) is 4.66. The maximum absolute atomic E-state index is 10.2. The normalized spacial score (nSPS) is 12.6. The van der Waals surface area contributed by atoms with Gasteiger partial charge in [0.05, 0.1) is 12.7 Å². The summed E-state index contributed by atoms with van der Waals surface area (Å²) in [4.78, 5) is 10.2. The Morgan fingerprint density at radius 1 is 1.71 bits per heavy atom. The second kappa shape index (κ2) is 5.44. The maximum Gasteiger partial charge on any atom is 0.304 e. The lowest BCUT2D eigenvalue weighted by Gasteiger charge is -2.10. The highest BCUT2D eigenvalue weighted by molar-refractivity contribution is 5.66. The second-order valence-electron chi connectivity index (χ2n) is 3.28. The number of hydrogen-bond acceptors (Lipinski definition) is 3. The molecule has 0 aliphatic carbocycles. The summed E-state index contributed by atoms with van der Waals surface area (Å²) in [6.45, 7) is 2.50. The molecule has 1 aromatic rings. The van der Waals surface area contributed by atoms with Crippen molar-refractivity contribution in [3.63, 3.8) is 0 Å². The van der Waals surface area contributed by atoms with Crippen LogP contribution in [0.25, 0.3) is 0 Å². The summed E-state index contributed by atoms with van der Waals surface area (Å²) >= 11 is 0. The number of carbonyl (C=O) groups is 1. The minimum atomic E-state index is -0.775. The Bertz CT molecular complexity index is 269. The third-order valence-corrected chi connectivity index (χ3v) is 1.92. The average molecular weight is 197 g/mol. The Labute approximate surface area is 82.9 Å². The van der Waals surface area contributed by atoms with Gasteiger partial charge in [-0.05, 0) is 19.1 Å². The largest absolute Gasteiger partial charge is 0.481 e. The SMILES string of the molecule is CC(Cc1ccco1)NCCC(=O)O. The highest BCUT2D eigenvalue weighted by Gasteiger charge is 2.05. The lowest BCUT2D eigenvalue weighted by molar-refractivity contribution is -0.136. The molecule has 0 spiro atoms. The van der Waals surface area contributed by atoms with E-state index in [0.29, 0.717) is 6.54 Å². The molecule has 78 valence electrons. The van der Waals surface area contributed by atoms with Crippen LogP contribution in [0.2, 0.25) is 0 Å². The molecule has 0 fully saturated rings. The highest BCUT2D eigenvalue weighted by atomic mass is 16.4. The van der Waals surface area contributed by atoms with Crippen molar-refractivity contribution >= 4 is 5.97 Å². The van der Waals surface area contributed by atoms with Crippen LogP contribution in [0, 0.1) is 0 Å². The molecule has 0 bridgehead atoms. The van der Waals surface area contributed by atoms with Crippen molar-refractivity contribution in [3.05, 3.63) is 24.2 Å². The molecule has 0 radical (unpaired) electrons. The predicted octanol–water partition coefficient (Wildman–Crippen LogP) is 1.27. The van der Waals surface area contributed by atoms with E-state index in [1.54, 1.807) is 6.26 Å². The highest BCUT2D eigenvalue weighted by Crippen LogP contribution is 2.03. The van der Waals surface area contributed by atoms with E-state index in [0.717, 1.165) is 12.2 Å². The van der Waals surface area contributed by atoms with Gasteiger partial charge in [0, 0.05) is 19.0 Å². The molecule has 0 saturated heterocycles. The van der Waals surface area contributed by atoms with E-state index in [1.165, 1.54) is 0 Å². The Kier molecular flexibility index (Phi) is 4.19. The fourth-order valence-corrected chi connectivity index (χ4v) is 1.23. The van der Waals surface area contributed by atoms with Crippen LogP contribution in [0.1, 0.15) is 19.1 Å². The Morgan fingerprint density at radius 2 is 2.50 bits per heavy atom. The molecular formula is C10H15NO3. The number of aliphatic carboxylic acids is 1. The van der Waals surface area contributed by atoms with Crippen LogP contribution in [-0.2, 0) is 11.2 Å². The lowest BCUT2D eigenvalue weighted by Crippen LogP contribution is -2.29. The van der Waals surface area contributed by atoms with Gasteiger partial charge in [-0.3, -0.25) is 4.79 Å². The zero-order chi connectivity index (χ0) is 10.4. The zero-order valence-electron chi connectivity index (χ0n) is 8.19. The van der Waals surface area contributed by atoms with Gasteiger partial charge in [0.1, 0.15) is 5.76 Å². The first-order chi connectivity index (χ1) is 6.68. The van der Waals surface area contributed by atoms with Gasteiger partial charge in [-0.15, -0.1) is 0 Å². The Morgan fingerprint density at radius 3 is 3.07 bits per heavy atom. The lowest BCUT2D eigenvalue weighted by atomic mass is 10.2. The van der Waals surface area contributed by atoms with E-state index in [2.05, 4.69) is 5.32 Å². The smallest absolute Gasteiger partial charge is 0.304 e. The van der Waals surface area contributed by atoms with Gasteiger partial charge in [-0.1, -0.05) is 0 Å². The molecule has 2 N–H and O–H groups in total. The maximum atomic E-state index is 10.2. The molecule has 1 aromatic heterocycles. The van der Waals surface area contributed by atoms with Crippen LogP contribution in [-0.4, -0.2) is 23.7 Å². The number of carboxylic acids is 1. The standard InChI is InChI=1S/C10H15NO3/c1-8(11-5-4-10(12)13)7-9-3-2-6-14-9/h2-3,6,8,11H,4-5,7H2,1H3,(H,12,13). The molecule has 1 heterocycles. The van der Waals surface area contributed by atoms with Crippen molar-refractivity contribution in [2.75, 3.05) is 6.54 Å². The predicted molar refractivity (Wildman–Crippen MR) is 52.1 cm³/mol. The van der Waals surface area contributed by atoms with Crippen molar-refractivity contribution in [2.24, 2.45) is 0 Å². The van der Waals surface area contributed by atoms with Gasteiger partial charge in [-0.2, -0.15) is 0 Å². The molecule has 0 saturated carbocycles. The molecule has 0 amide bonds.